The number of hydrogen-bond acceptors (Lipinski definition) is 4. The van der Waals surface area contributed by atoms with Crippen molar-refractivity contribution in [2.75, 3.05) is 13.7 Å². The van der Waals surface area contributed by atoms with Crippen LogP contribution in [0.4, 0.5) is 0 Å². The third-order valence-corrected chi connectivity index (χ3v) is 6.50. The van der Waals surface area contributed by atoms with E-state index in [1.165, 1.54) is 18.2 Å². The fourth-order valence-electron chi connectivity index (χ4n) is 3.29. The van der Waals surface area contributed by atoms with Gasteiger partial charge in [-0.15, -0.1) is 0 Å². The first kappa shape index (κ1) is 27.0. The number of carbonyl (C=O) groups excluding carboxylic acids is 2. The van der Waals surface area contributed by atoms with E-state index >= 15 is 0 Å². The molecule has 1 N–H and O–H groups in total. The van der Waals surface area contributed by atoms with Crippen LogP contribution in [0.1, 0.15) is 92.2 Å². The number of ether oxygens (including phenoxy) is 2. The van der Waals surface area contributed by atoms with Gasteiger partial charge in [-0.05, 0) is 47.6 Å². The number of nitrogens with one attached hydrogen (secondary N) is 1. The average Bonchev–Trinajstić information content (AvgIpc) is 2.74. The van der Waals surface area contributed by atoms with Gasteiger partial charge in [0.2, 0.25) is 5.91 Å². The Labute approximate surface area is 189 Å². The van der Waals surface area contributed by atoms with Crippen molar-refractivity contribution >= 4 is 11.9 Å². The van der Waals surface area contributed by atoms with Crippen molar-refractivity contribution in [1.29, 1.82) is 0 Å². The molecule has 31 heavy (non-hydrogen) atoms. The molecule has 1 amide bonds. The lowest BCUT2D eigenvalue weighted by Crippen LogP contribution is -2.45. The van der Waals surface area contributed by atoms with Crippen molar-refractivity contribution in [2.24, 2.45) is 5.92 Å². The van der Waals surface area contributed by atoms with E-state index in [1.54, 1.807) is 0 Å². The first-order valence-electron chi connectivity index (χ1n) is 11.5. The number of hydrogen-bond donors (Lipinski definition) is 1. The quantitative estimate of drug-likeness (QED) is 0.347. The van der Waals surface area contributed by atoms with Crippen LogP contribution in [0.2, 0.25) is 0 Å². The van der Waals surface area contributed by atoms with Crippen LogP contribution in [0.25, 0.3) is 0 Å². The number of carbonyl (C=O) groups is 2. The molecule has 0 aromatic heterocycles. The lowest BCUT2D eigenvalue weighted by atomic mass is 9.76. The van der Waals surface area contributed by atoms with Gasteiger partial charge in [0.05, 0.1) is 13.7 Å². The lowest BCUT2D eigenvalue weighted by molar-refractivity contribution is -0.146. The highest BCUT2D eigenvalue weighted by Crippen LogP contribution is 2.38. The first-order valence-corrected chi connectivity index (χ1v) is 11.5. The van der Waals surface area contributed by atoms with Crippen molar-refractivity contribution in [3.8, 4) is 5.75 Å². The van der Waals surface area contributed by atoms with Gasteiger partial charge >= 0.3 is 5.97 Å². The van der Waals surface area contributed by atoms with E-state index in [0.717, 1.165) is 18.6 Å². The van der Waals surface area contributed by atoms with Crippen molar-refractivity contribution in [3.63, 3.8) is 0 Å². The maximum Gasteiger partial charge on any atom is 0.328 e. The molecule has 1 aromatic rings. The third kappa shape index (κ3) is 7.55. The normalized spacial score (nSPS) is 13.1. The summed E-state index contributed by atoms with van der Waals surface area (Å²) in [5.41, 5.74) is 2.64. The molecule has 1 atom stereocenters. The summed E-state index contributed by atoms with van der Waals surface area (Å²) in [7, 11) is 1.33. The Kier molecular flexibility index (Phi) is 10.1. The second-order valence-corrected chi connectivity index (χ2v) is 9.95. The van der Waals surface area contributed by atoms with Crippen molar-refractivity contribution in [1.82, 2.24) is 5.32 Å². The van der Waals surface area contributed by atoms with Crippen LogP contribution in [-0.4, -0.2) is 31.6 Å². The molecular formula is C26H43NO4. The minimum atomic E-state index is -0.621. The molecule has 0 radical (unpaired) electrons. The van der Waals surface area contributed by atoms with Crippen LogP contribution in [0, 0.1) is 5.92 Å². The second kappa shape index (κ2) is 11.5. The van der Waals surface area contributed by atoms with E-state index < -0.39 is 12.0 Å². The van der Waals surface area contributed by atoms with E-state index in [2.05, 4.69) is 65.1 Å². The molecule has 0 saturated heterocycles. The fraction of sp³-hybridized carbons (Fsp3) is 0.692. The Hall–Kier alpha value is -2.04. The smallest absolute Gasteiger partial charge is 0.328 e. The van der Waals surface area contributed by atoms with Crippen molar-refractivity contribution in [2.45, 2.75) is 97.9 Å². The Balaban J connectivity index is 2.81. The van der Waals surface area contributed by atoms with Gasteiger partial charge < -0.3 is 14.8 Å². The predicted octanol–water partition coefficient (Wildman–Crippen LogP) is 5.53. The Morgan fingerprint density at radius 3 is 2.16 bits per heavy atom. The highest BCUT2D eigenvalue weighted by Gasteiger charge is 2.27. The number of benzene rings is 1. The summed E-state index contributed by atoms with van der Waals surface area (Å²) in [6, 6.07) is 5.90. The molecule has 0 bridgehead atoms. The zero-order chi connectivity index (χ0) is 23.8. The Morgan fingerprint density at radius 1 is 1.03 bits per heavy atom. The van der Waals surface area contributed by atoms with Gasteiger partial charge in [-0.25, -0.2) is 4.79 Å². The summed E-state index contributed by atoms with van der Waals surface area (Å²) in [6.07, 6.45) is 2.95. The highest BCUT2D eigenvalue weighted by molar-refractivity contribution is 5.84. The van der Waals surface area contributed by atoms with Gasteiger partial charge in [-0.1, -0.05) is 67.5 Å². The molecular weight excluding hydrogens is 390 g/mol. The summed E-state index contributed by atoms with van der Waals surface area (Å²) in [6.45, 7) is 17.6. The van der Waals surface area contributed by atoms with E-state index in [4.69, 9.17) is 9.47 Å². The molecule has 0 aliphatic rings. The molecule has 5 nitrogen and oxygen atoms in total. The SMILES string of the molecule is CCC(C)(C)c1ccc(OCCCC(=O)N[C@H](C(=O)OC)C(C)C)c(C(C)(C)CC)c1. The second-order valence-electron chi connectivity index (χ2n) is 9.95. The van der Waals surface area contributed by atoms with Crippen LogP contribution in [0.15, 0.2) is 18.2 Å². The van der Waals surface area contributed by atoms with E-state index in [-0.39, 0.29) is 22.7 Å². The summed E-state index contributed by atoms with van der Waals surface area (Å²) < 4.78 is 10.9. The molecule has 0 saturated carbocycles. The van der Waals surface area contributed by atoms with Crippen LogP contribution >= 0.6 is 0 Å². The van der Waals surface area contributed by atoms with Gasteiger partial charge in [-0.2, -0.15) is 0 Å². The standard InChI is InChI=1S/C26H43NO4/c1-10-25(5,6)19-14-15-21(20(17-19)26(7,8)11-2)31-16-12-13-22(28)27-23(18(3)4)24(29)30-9/h14-15,17-18,23H,10-13,16H2,1-9H3,(H,27,28)/t23-/m0/s1. The summed E-state index contributed by atoms with van der Waals surface area (Å²) in [5, 5.41) is 2.77. The third-order valence-electron chi connectivity index (χ3n) is 6.50. The van der Waals surface area contributed by atoms with Crippen LogP contribution in [0.5, 0.6) is 5.75 Å². The number of esters is 1. The van der Waals surface area contributed by atoms with Crippen LogP contribution in [0.3, 0.4) is 0 Å². The van der Waals surface area contributed by atoms with E-state index in [0.29, 0.717) is 19.4 Å². The van der Waals surface area contributed by atoms with Crippen molar-refractivity contribution in [3.05, 3.63) is 29.3 Å². The Bertz CT molecular complexity index is 737. The molecule has 0 aliphatic carbocycles. The summed E-state index contributed by atoms with van der Waals surface area (Å²) in [5.74, 6) is 0.276. The van der Waals surface area contributed by atoms with E-state index in [9.17, 15) is 9.59 Å². The van der Waals surface area contributed by atoms with Gasteiger partial charge in [0.15, 0.2) is 0 Å². The van der Waals surface area contributed by atoms with E-state index in [1.807, 2.05) is 13.8 Å². The molecule has 5 heteroatoms. The first-order chi connectivity index (χ1) is 14.4. The maximum atomic E-state index is 12.3. The molecule has 1 aromatic carbocycles. The van der Waals surface area contributed by atoms with Crippen LogP contribution in [-0.2, 0) is 25.2 Å². The zero-order valence-corrected chi connectivity index (χ0v) is 21.1. The van der Waals surface area contributed by atoms with Gasteiger partial charge in [0.25, 0.3) is 0 Å². The molecule has 176 valence electrons. The topological polar surface area (TPSA) is 64.6 Å². The molecule has 0 aliphatic heterocycles. The number of amides is 1. The van der Waals surface area contributed by atoms with Gasteiger partial charge in [-0.3, -0.25) is 4.79 Å². The molecule has 0 heterocycles. The predicted molar refractivity (Wildman–Crippen MR) is 127 cm³/mol. The largest absolute Gasteiger partial charge is 0.493 e. The summed E-state index contributed by atoms with van der Waals surface area (Å²) in [4.78, 5) is 24.1. The van der Waals surface area contributed by atoms with Gasteiger partial charge in [0, 0.05) is 12.0 Å². The van der Waals surface area contributed by atoms with Gasteiger partial charge in [0.1, 0.15) is 11.8 Å². The lowest BCUT2D eigenvalue weighted by Gasteiger charge is -2.30. The maximum absolute atomic E-state index is 12.3. The summed E-state index contributed by atoms with van der Waals surface area (Å²) >= 11 is 0. The zero-order valence-electron chi connectivity index (χ0n) is 21.1. The fourth-order valence-corrected chi connectivity index (χ4v) is 3.29. The van der Waals surface area contributed by atoms with Crippen LogP contribution < -0.4 is 10.1 Å². The van der Waals surface area contributed by atoms with Crippen molar-refractivity contribution < 1.29 is 19.1 Å². The molecule has 0 spiro atoms. The average molecular weight is 434 g/mol. The monoisotopic (exact) mass is 433 g/mol. The molecule has 0 unspecified atom stereocenters. The molecule has 1 rings (SSSR count). The minimum Gasteiger partial charge on any atom is -0.493 e. The number of methoxy groups -OCH3 is 1. The minimum absolute atomic E-state index is 0.00244. The Morgan fingerprint density at radius 2 is 1.65 bits per heavy atom. The molecule has 0 fully saturated rings. The highest BCUT2D eigenvalue weighted by atomic mass is 16.5. The number of rotatable bonds is 12.